The molecule has 2 rings (SSSR count). The second kappa shape index (κ2) is 6.75. The summed E-state index contributed by atoms with van der Waals surface area (Å²) >= 11 is 3.92. The Morgan fingerprint density at radius 3 is 2.39 bits per heavy atom. The van der Waals surface area contributed by atoms with E-state index in [0.29, 0.717) is 4.83 Å². The van der Waals surface area contributed by atoms with E-state index in [0.717, 1.165) is 5.92 Å². The highest BCUT2D eigenvalue weighted by Crippen LogP contribution is 2.37. The molecule has 100 valence electrons. The predicted molar refractivity (Wildman–Crippen MR) is 83.4 cm³/mol. The SMILES string of the molecule is Cc1ccc(C(Br)CC2CCCCCC2)c(C)c1. The minimum Gasteiger partial charge on any atom is -0.0839 e. The van der Waals surface area contributed by atoms with Crippen molar-refractivity contribution in [3.05, 3.63) is 34.9 Å². The first-order valence-corrected chi connectivity index (χ1v) is 8.29. The zero-order valence-electron chi connectivity index (χ0n) is 11.7. The molecule has 0 spiro atoms. The molecule has 18 heavy (non-hydrogen) atoms. The number of alkyl halides is 1. The van der Waals surface area contributed by atoms with Gasteiger partial charge in [0.2, 0.25) is 0 Å². The molecule has 0 aliphatic heterocycles. The summed E-state index contributed by atoms with van der Waals surface area (Å²) in [5, 5.41) is 0. The Hall–Kier alpha value is -0.300. The number of rotatable bonds is 3. The number of halogens is 1. The van der Waals surface area contributed by atoms with Gasteiger partial charge in [-0.25, -0.2) is 0 Å². The van der Waals surface area contributed by atoms with Crippen molar-refractivity contribution in [3.8, 4) is 0 Å². The first-order valence-electron chi connectivity index (χ1n) is 7.38. The highest BCUT2D eigenvalue weighted by molar-refractivity contribution is 9.09. The van der Waals surface area contributed by atoms with Crippen LogP contribution >= 0.6 is 15.9 Å². The van der Waals surface area contributed by atoms with Crippen molar-refractivity contribution in [1.82, 2.24) is 0 Å². The van der Waals surface area contributed by atoms with Crippen LogP contribution in [-0.4, -0.2) is 0 Å². The van der Waals surface area contributed by atoms with Crippen LogP contribution in [-0.2, 0) is 0 Å². The van der Waals surface area contributed by atoms with Gasteiger partial charge >= 0.3 is 0 Å². The summed E-state index contributed by atoms with van der Waals surface area (Å²) < 4.78 is 0. The molecule has 1 aliphatic carbocycles. The van der Waals surface area contributed by atoms with Gasteiger partial charge in [-0.1, -0.05) is 78.2 Å². The van der Waals surface area contributed by atoms with Crippen molar-refractivity contribution in [2.75, 3.05) is 0 Å². The van der Waals surface area contributed by atoms with Crippen LogP contribution in [0.15, 0.2) is 18.2 Å². The van der Waals surface area contributed by atoms with Crippen molar-refractivity contribution < 1.29 is 0 Å². The number of hydrogen-bond donors (Lipinski definition) is 0. The lowest BCUT2D eigenvalue weighted by Gasteiger charge is -2.20. The van der Waals surface area contributed by atoms with Crippen LogP contribution < -0.4 is 0 Å². The van der Waals surface area contributed by atoms with E-state index >= 15 is 0 Å². The van der Waals surface area contributed by atoms with Crippen LogP contribution in [0.4, 0.5) is 0 Å². The molecule has 0 aromatic heterocycles. The van der Waals surface area contributed by atoms with Gasteiger partial charge in [-0.15, -0.1) is 0 Å². The molecule has 1 aliphatic rings. The third kappa shape index (κ3) is 3.85. The minimum atomic E-state index is 0.543. The number of benzene rings is 1. The molecule has 0 radical (unpaired) electrons. The van der Waals surface area contributed by atoms with Gasteiger partial charge in [0.25, 0.3) is 0 Å². The van der Waals surface area contributed by atoms with E-state index in [1.807, 2.05) is 0 Å². The quantitative estimate of drug-likeness (QED) is 0.467. The molecule has 0 bridgehead atoms. The van der Waals surface area contributed by atoms with Crippen LogP contribution in [0.1, 0.15) is 66.5 Å². The van der Waals surface area contributed by atoms with Gasteiger partial charge in [-0.3, -0.25) is 0 Å². The molecule has 1 saturated carbocycles. The molecular formula is C17H25Br. The Labute approximate surface area is 120 Å². The largest absolute Gasteiger partial charge is 0.0839 e. The van der Waals surface area contributed by atoms with Gasteiger partial charge in [0.15, 0.2) is 0 Å². The Morgan fingerprint density at radius 1 is 1.11 bits per heavy atom. The van der Waals surface area contributed by atoms with Crippen molar-refractivity contribution in [3.63, 3.8) is 0 Å². The van der Waals surface area contributed by atoms with E-state index in [1.165, 1.54) is 61.6 Å². The van der Waals surface area contributed by atoms with Crippen LogP contribution in [0.2, 0.25) is 0 Å². The lowest BCUT2D eigenvalue weighted by molar-refractivity contribution is 0.427. The van der Waals surface area contributed by atoms with Crippen molar-refractivity contribution >= 4 is 15.9 Å². The van der Waals surface area contributed by atoms with Gasteiger partial charge < -0.3 is 0 Å². The van der Waals surface area contributed by atoms with Crippen molar-refractivity contribution in [2.24, 2.45) is 5.92 Å². The van der Waals surface area contributed by atoms with Gasteiger partial charge in [0.1, 0.15) is 0 Å². The lowest BCUT2D eigenvalue weighted by Crippen LogP contribution is -2.04. The predicted octanol–water partition coefficient (Wildman–Crippen LogP) is 6.10. The summed E-state index contributed by atoms with van der Waals surface area (Å²) in [7, 11) is 0. The van der Waals surface area contributed by atoms with Gasteiger partial charge in [-0.05, 0) is 37.3 Å². The molecule has 1 unspecified atom stereocenters. The summed E-state index contributed by atoms with van der Waals surface area (Å²) in [6.07, 6.45) is 9.97. The zero-order valence-corrected chi connectivity index (χ0v) is 13.3. The highest BCUT2D eigenvalue weighted by atomic mass is 79.9. The summed E-state index contributed by atoms with van der Waals surface area (Å²) in [5.74, 6) is 0.928. The topological polar surface area (TPSA) is 0 Å². The van der Waals surface area contributed by atoms with Crippen LogP contribution in [0.5, 0.6) is 0 Å². The van der Waals surface area contributed by atoms with Crippen molar-refractivity contribution in [1.29, 1.82) is 0 Å². The molecule has 0 N–H and O–H groups in total. The average Bonchev–Trinajstić information content (AvgIpc) is 2.57. The van der Waals surface area contributed by atoms with E-state index in [2.05, 4.69) is 48.0 Å². The maximum Gasteiger partial charge on any atom is 0.0400 e. The first-order chi connectivity index (χ1) is 8.66. The lowest BCUT2D eigenvalue weighted by atomic mass is 9.91. The molecule has 1 aromatic rings. The normalized spacial score (nSPS) is 19.5. The van der Waals surface area contributed by atoms with E-state index in [-0.39, 0.29) is 0 Å². The summed E-state index contributed by atoms with van der Waals surface area (Å²) in [6, 6.07) is 6.85. The first kappa shape index (κ1) is 14.1. The van der Waals surface area contributed by atoms with Crippen LogP contribution in [0, 0.1) is 19.8 Å². The van der Waals surface area contributed by atoms with Gasteiger partial charge in [0, 0.05) is 4.83 Å². The van der Waals surface area contributed by atoms with E-state index in [4.69, 9.17) is 0 Å². The molecule has 1 fully saturated rings. The standard InChI is InChI=1S/C17H25Br/c1-13-9-10-16(14(2)11-13)17(18)12-15-7-5-3-4-6-8-15/h9-11,15,17H,3-8,12H2,1-2H3. The third-order valence-electron chi connectivity index (χ3n) is 4.28. The second-order valence-corrected chi connectivity index (χ2v) is 7.03. The second-order valence-electron chi connectivity index (χ2n) is 5.92. The van der Waals surface area contributed by atoms with Gasteiger partial charge in [0.05, 0.1) is 0 Å². The minimum absolute atomic E-state index is 0.543. The zero-order chi connectivity index (χ0) is 13.0. The number of aryl methyl sites for hydroxylation is 2. The van der Waals surface area contributed by atoms with Crippen molar-refractivity contribution in [2.45, 2.75) is 63.6 Å². The molecule has 0 amide bonds. The van der Waals surface area contributed by atoms with E-state index in [1.54, 1.807) is 0 Å². The van der Waals surface area contributed by atoms with Crippen LogP contribution in [0.25, 0.3) is 0 Å². The van der Waals surface area contributed by atoms with Gasteiger partial charge in [-0.2, -0.15) is 0 Å². The Morgan fingerprint density at radius 2 is 1.78 bits per heavy atom. The Kier molecular flexibility index (Phi) is 5.29. The summed E-state index contributed by atoms with van der Waals surface area (Å²) in [4.78, 5) is 0.543. The number of hydrogen-bond acceptors (Lipinski definition) is 0. The third-order valence-corrected chi connectivity index (χ3v) is 5.14. The summed E-state index contributed by atoms with van der Waals surface area (Å²) in [6.45, 7) is 4.41. The molecule has 0 nitrogen and oxygen atoms in total. The molecule has 1 atom stereocenters. The highest BCUT2D eigenvalue weighted by Gasteiger charge is 2.18. The monoisotopic (exact) mass is 308 g/mol. The van der Waals surface area contributed by atoms with E-state index < -0.39 is 0 Å². The fraction of sp³-hybridized carbons (Fsp3) is 0.647. The molecule has 0 heterocycles. The maximum absolute atomic E-state index is 3.92. The molecule has 0 saturated heterocycles. The molecule has 1 heteroatoms. The average molecular weight is 309 g/mol. The molecular weight excluding hydrogens is 284 g/mol. The molecule has 1 aromatic carbocycles. The smallest absolute Gasteiger partial charge is 0.0400 e. The summed E-state index contributed by atoms with van der Waals surface area (Å²) in [5.41, 5.74) is 4.29. The Balaban J connectivity index is 1.99. The van der Waals surface area contributed by atoms with E-state index in [9.17, 15) is 0 Å². The Bertz CT molecular complexity index is 375. The maximum atomic E-state index is 3.92. The fourth-order valence-electron chi connectivity index (χ4n) is 3.20. The van der Waals surface area contributed by atoms with Crippen LogP contribution in [0.3, 0.4) is 0 Å². The fourth-order valence-corrected chi connectivity index (χ4v) is 4.24.